The largest absolute Gasteiger partial charge is 0.368 e. The molecule has 0 bridgehead atoms. The minimum absolute atomic E-state index is 0.0967. The van der Waals surface area contributed by atoms with Gasteiger partial charge in [0.2, 0.25) is 5.91 Å². The maximum Gasteiger partial charge on any atom is 0.234 e. The molecule has 4 nitrogen and oxygen atoms in total. The molecule has 1 amide bonds. The van der Waals surface area contributed by atoms with Crippen LogP contribution >= 0.6 is 0 Å². The van der Waals surface area contributed by atoms with E-state index in [-0.39, 0.29) is 11.9 Å². The van der Waals surface area contributed by atoms with Crippen LogP contribution in [0.25, 0.3) is 0 Å². The van der Waals surface area contributed by atoms with Gasteiger partial charge in [0.05, 0.1) is 6.04 Å². The molecule has 1 atom stereocenters. The summed E-state index contributed by atoms with van der Waals surface area (Å²) in [4.78, 5) is 13.5. The van der Waals surface area contributed by atoms with Crippen LogP contribution in [0.15, 0.2) is 0 Å². The van der Waals surface area contributed by atoms with Crippen LogP contribution in [0.4, 0.5) is 0 Å². The van der Waals surface area contributed by atoms with Crippen molar-refractivity contribution in [1.82, 2.24) is 10.2 Å². The second-order valence-electron chi connectivity index (χ2n) is 4.20. The molecular formula is C11H23N3O. The van der Waals surface area contributed by atoms with Gasteiger partial charge in [0, 0.05) is 13.1 Å². The molecule has 1 fully saturated rings. The van der Waals surface area contributed by atoms with Crippen molar-refractivity contribution in [2.24, 2.45) is 11.7 Å². The van der Waals surface area contributed by atoms with E-state index >= 15 is 0 Å². The minimum Gasteiger partial charge on any atom is -0.368 e. The van der Waals surface area contributed by atoms with Crippen molar-refractivity contribution in [3.8, 4) is 0 Å². The zero-order valence-corrected chi connectivity index (χ0v) is 9.83. The lowest BCUT2D eigenvalue weighted by Crippen LogP contribution is -2.45. The molecular weight excluding hydrogens is 190 g/mol. The molecule has 1 aliphatic carbocycles. The van der Waals surface area contributed by atoms with E-state index in [1.165, 1.54) is 0 Å². The first-order chi connectivity index (χ1) is 7.19. The zero-order chi connectivity index (χ0) is 11.3. The Morgan fingerprint density at radius 1 is 1.47 bits per heavy atom. The minimum atomic E-state index is -0.197. The van der Waals surface area contributed by atoms with Crippen molar-refractivity contribution in [1.29, 1.82) is 0 Å². The first-order valence-electron chi connectivity index (χ1n) is 5.94. The predicted octanol–water partition coefficient (Wildman–Crippen LogP) is 0.182. The van der Waals surface area contributed by atoms with E-state index in [2.05, 4.69) is 24.1 Å². The number of hydrogen-bond acceptors (Lipinski definition) is 3. The van der Waals surface area contributed by atoms with Gasteiger partial charge in [-0.2, -0.15) is 0 Å². The molecule has 0 aliphatic heterocycles. The topological polar surface area (TPSA) is 58.4 Å². The van der Waals surface area contributed by atoms with Crippen molar-refractivity contribution >= 4 is 5.91 Å². The quantitative estimate of drug-likeness (QED) is 0.605. The fourth-order valence-corrected chi connectivity index (χ4v) is 1.85. The first kappa shape index (κ1) is 12.5. The lowest BCUT2D eigenvalue weighted by atomic mass is 10.2. The smallest absolute Gasteiger partial charge is 0.234 e. The summed E-state index contributed by atoms with van der Waals surface area (Å²) in [6.45, 7) is 8.26. The van der Waals surface area contributed by atoms with Gasteiger partial charge in [-0.05, 0) is 31.8 Å². The number of carbonyl (C=O) groups is 1. The van der Waals surface area contributed by atoms with E-state index < -0.39 is 0 Å². The molecule has 1 saturated carbocycles. The van der Waals surface area contributed by atoms with Gasteiger partial charge in [-0.3, -0.25) is 4.79 Å². The van der Waals surface area contributed by atoms with E-state index in [4.69, 9.17) is 5.73 Å². The molecule has 1 unspecified atom stereocenters. The SMILES string of the molecule is CCN(CC)CCNC(C(N)=O)C1CC1. The first-order valence-corrected chi connectivity index (χ1v) is 5.94. The van der Waals surface area contributed by atoms with Gasteiger partial charge in [-0.25, -0.2) is 0 Å². The Morgan fingerprint density at radius 3 is 2.47 bits per heavy atom. The molecule has 1 rings (SSSR count). The highest BCUT2D eigenvalue weighted by atomic mass is 16.1. The predicted molar refractivity (Wildman–Crippen MR) is 61.5 cm³/mol. The van der Waals surface area contributed by atoms with Crippen molar-refractivity contribution < 1.29 is 4.79 Å². The Hall–Kier alpha value is -0.610. The summed E-state index contributed by atoms with van der Waals surface area (Å²) in [5, 5.41) is 3.26. The molecule has 0 aromatic rings. The summed E-state index contributed by atoms with van der Waals surface area (Å²) in [5.41, 5.74) is 5.34. The number of nitrogens with two attached hydrogens (primary N) is 1. The second-order valence-corrected chi connectivity index (χ2v) is 4.20. The summed E-state index contributed by atoms with van der Waals surface area (Å²) in [6.07, 6.45) is 2.29. The zero-order valence-electron chi connectivity index (χ0n) is 9.83. The van der Waals surface area contributed by atoms with E-state index in [1.54, 1.807) is 0 Å². The third kappa shape index (κ3) is 4.18. The summed E-state index contributed by atoms with van der Waals surface area (Å²) in [6, 6.07) is -0.0967. The second kappa shape index (κ2) is 6.08. The number of amides is 1. The Morgan fingerprint density at radius 2 is 2.07 bits per heavy atom. The number of carbonyl (C=O) groups excluding carboxylic acids is 1. The van der Waals surface area contributed by atoms with Gasteiger partial charge in [0.15, 0.2) is 0 Å². The van der Waals surface area contributed by atoms with Crippen LogP contribution in [0.5, 0.6) is 0 Å². The Labute approximate surface area is 92.2 Å². The van der Waals surface area contributed by atoms with Gasteiger partial charge in [-0.15, -0.1) is 0 Å². The molecule has 4 heteroatoms. The number of likely N-dealkylation sites (N-methyl/N-ethyl adjacent to an activating group) is 1. The molecule has 0 radical (unpaired) electrons. The van der Waals surface area contributed by atoms with E-state index in [0.29, 0.717) is 5.92 Å². The van der Waals surface area contributed by atoms with E-state index in [1.807, 2.05) is 0 Å². The average molecular weight is 213 g/mol. The Balaban J connectivity index is 2.19. The number of nitrogens with zero attached hydrogens (tertiary/aromatic N) is 1. The average Bonchev–Trinajstić information content (AvgIpc) is 3.01. The van der Waals surface area contributed by atoms with Crippen molar-refractivity contribution in [3.63, 3.8) is 0 Å². The summed E-state index contributed by atoms with van der Waals surface area (Å²) in [7, 11) is 0. The number of hydrogen-bond donors (Lipinski definition) is 2. The molecule has 88 valence electrons. The molecule has 15 heavy (non-hydrogen) atoms. The van der Waals surface area contributed by atoms with Crippen LogP contribution in [-0.4, -0.2) is 43.0 Å². The third-order valence-corrected chi connectivity index (χ3v) is 3.09. The molecule has 0 aromatic carbocycles. The van der Waals surface area contributed by atoms with Crippen molar-refractivity contribution in [2.45, 2.75) is 32.7 Å². The van der Waals surface area contributed by atoms with Gasteiger partial charge in [-0.1, -0.05) is 13.8 Å². The highest BCUT2D eigenvalue weighted by Gasteiger charge is 2.34. The molecule has 3 N–H and O–H groups in total. The lowest BCUT2D eigenvalue weighted by Gasteiger charge is -2.20. The van der Waals surface area contributed by atoms with Gasteiger partial charge in [0.25, 0.3) is 0 Å². The third-order valence-electron chi connectivity index (χ3n) is 3.09. The van der Waals surface area contributed by atoms with Crippen LogP contribution in [0.2, 0.25) is 0 Å². The van der Waals surface area contributed by atoms with Crippen LogP contribution in [0.1, 0.15) is 26.7 Å². The molecule has 0 spiro atoms. The van der Waals surface area contributed by atoms with Crippen LogP contribution in [0.3, 0.4) is 0 Å². The van der Waals surface area contributed by atoms with Crippen molar-refractivity contribution in [2.75, 3.05) is 26.2 Å². The molecule has 0 aromatic heterocycles. The molecule has 0 saturated heterocycles. The maximum absolute atomic E-state index is 11.1. The molecule has 0 heterocycles. The van der Waals surface area contributed by atoms with Crippen LogP contribution < -0.4 is 11.1 Å². The number of nitrogens with one attached hydrogen (secondary N) is 1. The fraction of sp³-hybridized carbons (Fsp3) is 0.909. The van der Waals surface area contributed by atoms with Crippen LogP contribution in [-0.2, 0) is 4.79 Å². The van der Waals surface area contributed by atoms with Gasteiger partial charge >= 0.3 is 0 Å². The van der Waals surface area contributed by atoms with Gasteiger partial charge < -0.3 is 16.0 Å². The summed E-state index contributed by atoms with van der Waals surface area (Å²) < 4.78 is 0. The van der Waals surface area contributed by atoms with Crippen LogP contribution in [0, 0.1) is 5.92 Å². The van der Waals surface area contributed by atoms with E-state index in [0.717, 1.165) is 39.0 Å². The Kier molecular flexibility index (Phi) is 5.05. The fourth-order valence-electron chi connectivity index (χ4n) is 1.85. The molecule has 1 aliphatic rings. The lowest BCUT2D eigenvalue weighted by molar-refractivity contribution is -0.120. The summed E-state index contributed by atoms with van der Waals surface area (Å²) in [5.74, 6) is 0.302. The van der Waals surface area contributed by atoms with E-state index in [9.17, 15) is 4.79 Å². The summed E-state index contributed by atoms with van der Waals surface area (Å²) >= 11 is 0. The monoisotopic (exact) mass is 213 g/mol. The van der Waals surface area contributed by atoms with Gasteiger partial charge in [0.1, 0.15) is 0 Å². The highest BCUT2D eigenvalue weighted by molar-refractivity contribution is 5.80. The number of primary amides is 1. The highest BCUT2D eigenvalue weighted by Crippen LogP contribution is 2.32. The Bertz CT molecular complexity index is 200. The maximum atomic E-state index is 11.1. The number of rotatable bonds is 8. The standard InChI is InChI=1S/C11H23N3O/c1-3-14(4-2)8-7-13-10(11(12)15)9-5-6-9/h9-10,13H,3-8H2,1-2H3,(H2,12,15). The normalized spacial score (nSPS) is 18.1. The van der Waals surface area contributed by atoms with Crippen molar-refractivity contribution in [3.05, 3.63) is 0 Å².